The van der Waals surface area contributed by atoms with E-state index >= 15 is 0 Å². The molecule has 1 aliphatic rings. The summed E-state index contributed by atoms with van der Waals surface area (Å²) >= 11 is 7.30. The van der Waals surface area contributed by atoms with Gasteiger partial charge in [-0.25, -0.2) is 4.98 Å². The number of carboxylic acid groups (broad SMARTS) is 1. The number of thiazole rings is 1. The highest BCUT2D eigenvalue weighted by atomic mass is 35.5. The topological polar surface area (TPSA) is 75.6 Å². The first-order valence-electron chi connectivity index (χ1n) is 11.4. The van der Waals surface area contributed by atoms with Crippen LogP contribution in [0, 0.1) is 19.3 Å². The lowest BCUT2D eigenvalue weighted by Gasteiger charge is -2.40. The minimum Gasteiger partial charge on any atom is -0.488 e. The molecule has 0 unspecified atom stereocenters. The van der Waals surface area contributed by atoms with Crippen LogP contribution >= 0.6 is 22.9 Å². The van der Waals surface area contributed by atoms with Crippen LogP contribution in [0.2, 0.25) is 4.47 Å². The third-order valence-electron chi connectivity index (χ3n) is 6.47. The van der Waals surface area contributed by atoms with E-state index < -0.39 is 5.97 Å². The summed E-state index contributed by atoms with van der Waals surface area (Å²) in [6, 6.07) is 7.93. The molecule has 1 N–H and O–H groups in total. The molecule has 0 bridgehead atoms. The van der Waals surface area contributed by atoms with E-state index in [1.54, 1.807) is 6.20 Å². The smallest absolute Gasteiger partial charge is 0.307 e. The second-order valence-electron chi connectivity index (χ2n) is 9.60. The predicted octanol–water partition coefficient (Wildman–Crippen LogP) is 6.31. The monoisotopic (exact) mass is 499 g/mol. The van der Waals surface area contributed by atoms with Crippen molar-refractivity contribution in [3.05, 3.63) is 56.8 Å². The van der Waals surface area contributed by atoms with Gasteiger partial charge in [0.25, 0.3) is 0 Å². The van der Waals surface area contributed by atoms with Gasteiger partial charge in [0.05, 0.1) is 17.0 Å². The lowest BCUT2D eigenvalue weighted by atomic mass is 9.82. The zero-order chi connectivity index (χ0) is 24.5. The highest BCUT2D eigenvalue weighted by Crippen LogP contribution is 2.41. The SMILES string of the molecule is Cc1nc(C)c(-c2ccc(OCc3cnc(Cl)s3)cc2)c(N2CCC(C)(C)CC2)c1CC(=O)O. The first kappa shape index (κ1) is 24.5. The quantitative estimate of drug-likeness (QED) is 0.410. The zero-order valence-electron chi connectivity index (χ0n) is 20.0. The van der Waals surface area contributed by atoms with Crippen LogP contribution in [-0.2, 0) is 17.8 Å². The van der Waals surface area contributed by atoms with Crippen molar-refractivity contribution in [1.82, 2.24) is 9.97 Å². The lowest BCUT2D eigenvalue weighted by Crippen LogP contribution is -2.38. The van der Waals surface area contributed by atoms with Crippen LogP contribution in [0.1, 0.15) is 48.5 Å². The molecule has 34 heavy (non-hydrogen) atoms. The van der Waals surface area contributed by atoms with E-state index in [9.17, 15) is 9.90 Å². The van der Waals surface area contributed by atoms with Gasteiger partial charge in [0.1, 0.15) is 12.4 Å². The molecule has 0 radical (unpaired) electrons. The van der Waals surface area contributed by atoms with Crippen LogP contribution in [0.5, 0.6) is 5.75 Å². The first-order valence-corrected chi connectivity index (χ1v) is 12.6. The highest BCUT2D eigenvalue weighted by molar-refractivity contribution is 7.15. The Morgan fingerprint density at radius 3 is 2.44 bits per heavy atom. The van der Waals surface area contributed by atoms with E-state index in [1.165, 1.54) is 11.3 Å². The highest BCUT2D eigenvalue weighted by Gasteiger charge is 2.30. The number of hydrogen-bond donors (Lipinski definition) is 1. The molecule has 2 aromatic heterocycles. The van der Waals surface area contributed by atoms with Crippen LogP contribution in [0.15, 0.2) is 30.5 Å². The molecule has 0 saturated carbocycles. The number of rotatable bonds is 7. The third kappa shape index (κ3) is 5.53. The summed E-state index contributed by atoms with van der Waals surface area (Å²) in [5.74, 6) is -0.0942. The molecule has 1 aromatic carbocycles. The van der Waals surface area contributed by atoms with Gasteiger partial charge in [-0.05, 0) is 49.8 Å². The summed E-state index contributed by atoms with van der Waals surface area (Å²) in [4.78, 5) is 23.9. The standard InChI is InChI=1S/C26H30ClN3O3S/c1-16-21(13-22(31)32)24(30-11-9-26(3,4)10-12-30)23(17(2)29-16)18-5-7-19(8-6-18)33-15-20-14-28-25(27)34-20/h5-8,14H,9-13,15H2,1-4H3,(H,31,32). The van der Waals surface area contributed by atoms with E-state index in [4.69, 9.17) is 21.3 Å². The van der Waals surface area contributed by atoms with Crippen molar-refractivity contribution in [1.29, 1.82) is 0 Å². The van der Waals surface area contributed by atoms with Crippen molar-refractivity contribution in [2.45, 2.75) is 53.6 Å². The number of aryl methyl sites for hydroxylation is 2. The van der Waals surface area contributed by atoms with Gasteiger partial charge in [-0.1, -0.05) is 37.6 Å². The number of halogens is 1. The summed E-state index contributed by atoms with van der Waals surface area (Å²) in [6.45, 7) is 10.7. The van der Waals surface area contributed by atoms with Crippen molar-refractivity contribution in [2.24, 2.45) is 5.41 Å². The number of anilines is 1. The van der Waals surface area contributed by atoms with E-state index in [0.29, 0.717) is 16.5 Å². The van der Waals surface area contributed by atoms with Crippen LogP contribution in [0.25, 0.3) is 11.1 Å². The Balaban J connectivity index is 1.69. The van der Waals surface area contributed by atoms with E-state index in [-0.39, 0.29) is 6.42 Å². The number of aliphatic carboxylic acids is 1. The first-order chi connectivity index (χ1) is 16.1. The minimum atomic E-state index is -0.842. The number of benzene rings is 1. The van der Waals surface area contributed by atoms with Gasteiger partial charge in [-0.15, -0.1) is 11.3 Å². The fourth-order valence-corrected chi connectivity index (χ4v) is 5.38. The molecule has 180 valence electrons. The largest absolute Gasteiger partial charge is 0.488 e. The molecule has 3 aromatic rings. The van der Waals surface area contributed by atoms with Crippen LogP contribution in [0.4, 0.5) is 5.69 Å². The Morgan fingerprint density at radius 1 is 1.18 bits per heavy atom. The Hall–Kier alpha value is -2.64. The number of pyridine rings is 1. The zero-order valence-corrected chi connectivity index (χ0v) is 21.6. The van der Waals surface area contributed by atoms with Gasteiger partial charge < -0.3 is 14.7 Å². The fourth-order valence-electron chi connectivity index (χ4n) is 4.48. The fraction of sp³-hybridized carbons (Fsp3) is 0.423. The van der Waals surface area contributed by atoms with Gasteiger partial charge in [-0.3, -0.25) is 9.78 Å². The number of hydrogen-bond acceptors (Lipinski definition) is 6. The second-order valence-corrected chi connectivity index (χ2v) is 11.3. The van der Waals surface area contributed by atoms with Gasteiger partial charge >= 0.3 is 5.97 Å². The Bertz CT molecular complexity index is 1180. The van der Waals surface area contributed by atoms with Crippen LogP contribution in [-0.4, -0.2) is 34.1 Å². The van der Waals surface area contributed by atoms with Crippen molar-refractivity contribution in [3.8, 4) is 16.9 Å². The van der Waals surface area contributed by atoms with Gasteiger partial charge in [0.15, 0.2) is 4.47 Å². The number of piperidine rings is 1. The van der Waals surface area contributed by atoms with E-state index in [0.717, 1.165) is 70.3 Å². The normalized spacial score (nSPS) is 15.4. The van der Waals surface area contributed by atoms with E-state index in [2.05, 4.69) is 23.7 Å². The maximum atomic E-state index is 11.8. The summed E-state index contributed by atoms with van der Waals surface area (Å²) < 4.78 is 6.40. The average molecular weight is 500 g/mol. The molecule has 1 aliphatic heterocycles. The Morgan fingerprint density at radius 2 is 1.85 bits per heavy atom. The number of carbonyl (C=O) groups is 1. The molecule has 6 nitrogen and oxygen atoms in total. The number of ether oxygens (including phenoxy) is 1. The summed E-state index contributed by atoms with van der Waals surface area (Å²) in [7, 11) is 0. The number of carboxylic acids is 1. The molecule has 0 amide bonds. The molecule has 3 heterocycles. The summed E-state index contributed by atoms with van der Waals surface area (Å²) in [5.41, 5.74) is 5.80. The van der Waals surface area contributed by atoms with Gasteiger partial charge in [0.2, 0.25) is 0 Å². The molecule has 1 fully saturated rings. The van der Waals surface area contributed by atoms with Crippen LogP contribution in [0.3, 0.4) is 0 Å². The maximum absolute atomic E-state index is 11.8. The molecule has 0 spiro atoms. The molecular weight excluding hydrogens is 470 g/mol. The summed E-state index contributed by atoms with van der Waals surface area (Å²) in [6.07, 6.45) is 3.81. The third-order valence-corrected chi connectivity index (χ3v) is 7.56. The summed E-state index contributed by atoms with van der Waals surface area (Å²) in [5, 5.41) is 9.64. The second kappa shape index (κ2) is 9.92. The minimum absolute atomic E-state index is 0.0417. The Kier molecular flexibility index (Phi) is 7.14. The molecule has 8 heteroatoms. The van der Waals surface area contributed by atoms with Crippen LogP contribution < -0.4 is 9.64 Å². The molecule has 4 rings (SSSR count). The number of aromatic nitrogens is 2. The van der Waals surface area contributed by atoms with E-state index in [1.807, 2.05) is 38.1 Å². The van der Waals surface area contributed by atoms with Crippen molar-refractivity contribution >= 4 is 34.6 Å². The lowest BCUT2D eigenvalue weighted by molar-refractivity contribution is -0.136. The molecular formula is C26H30ClN3O3S. The van der Waals surface area contributed by atoms with Gasteiger partial charge in [-0.2, -0.15) is 0 Å². The van der Waals surface area contributed by atoms with Crippen molar-refractivity contribution in [2.75, 3.05) is 18.0 Å². The molecule has 0 atom stereocenters. The van der Waals surface area contributed by atoms with Gasteiger partial charge in [0, 0.05) is 41.8 Å². The molecule has 1 saturated heterocycles. The average Bonchev–Trinajstić information content (AvgIpc) is 3.19. The van der Waals surface area contributed by atoms with Crippen molar-refractivity contribution in [3.63, 3.8) is 0 Å². The molecule has 0 aliphatic carbocycles. The predicted molar refractivity (Wildman–Crippen MR) is 137 cm³/mol. The Labute approximate surface area is 209 Å². The maximum Gasteiger partial charge on any atom is 0.307 e. The van der Waals surface area contributed by atoms with Crippen molar-refractivity contribution < 1.29 is 14.6 Å². The number of nitrogens with zero attached hydrogens (tertiary/aromatic N) is 3.